The van der Waals surface area contributed by atoms with E-state index in [2.05, 4.69) is 20.6 Å². The lowest BCUT2D eigenvalue weighted by molar-refractivity contribution is -0.0783. The zero-order chi connectivity index (χ0) is 24.3. The molecule has 0 spiro atoms. The van der Waals surface area contributed by atoms with E-state index in [1.165, 1.54) is 17.0 Å². The molecule has 0 atom stereocenters. The number of rotatable bonds is 9. The number of H-pyrrole nitrogens is 1. The van der Waals surface area contributed by atoms with Gasteiger partial charge in [0.15, 0.2) is 11.6 Å². The number of β-amino-alcohol motifs (C(OH)–C–C–N with tert-alkyl or cyclic N) is 1. The van der Waals surface area contributed by atoms with Gasteiger partial charge in [0.25, 0.3) is 5.91 Å². The summed E-state index contributed by atoms with van der Waals surface area (Å²) < 4.78 is 43.0. The fraction of sp³-hybridized carbons (Fsp3) is 0.333. The summed E-state index contributed by atoms with van der Waals surface area (Å²) in [4.78, 5) is 21.3. The van der Waals surface area contributed by atoms with Crippen LogP contribution in [0.15, 0.2) is 42.9 Å². The zero-order valence-electron chi connectivity index (χ0n) is 18.7. The molecule has 1 aromatic heterocycles. The SMILES string of the molecule is CCc1ccc(Nc2c(C(=O)N3CC(O)(CNCCc4cnc[nH]4)C3)ccc(F)c2F)c(F)c1. The van der Waals surface area contributed by atoms with Gasteiger partial charge in [0.1, 0.15) is 11.4 Å². The molecule has 0 unspecified atom stereocenters. The Balaban J connectivity index is 1.42. The normalized spacial score (nSPS) is 14.7. The van der Waals surface area contributed by atoms with Gasteiger partial charge in [-0.3, -0.25) is 4.79 Å². The Morgan fingerprint density at radius 3 is 2.68 bits per heavy atom. The van der Waals surface area contributed by atoms with E-state index in [0.29, 0.717) is 19.4 Å². The smallest absolute Gasteiger partial charge is 0.256 e. The Kier molecular flexibility index (Phi) is 6.90. The minimum Gasteiger partial charge on any atom is -0.385 e. The number of aryl methyl sites for hydroxylation is 1. The summed E-state index contributed by atoms with van der Waals surface area (Å²) in [5, 5.41) is 16.3. The highest BCUT2D eigenvalue weighted by atomic mass is 19.2. The molecule has 10 heteroatoms. The second kappa shape index (κ2) is 9.86. The predicted molar refractivity (Wildman–Crippen MR) is 121 cm³/mol. The number of anilines is 2. The number of aromatic amines is 1. The van der Waals surface area contributed by atoms with Gasteiger partial charge in [-0.2, -0.15) is 0 Å². The molecule has 2 heterocycles. The topological polar surface area (TPSA) is 93.3 Å². The van der Waals surface area contributed by atoms with Crippen molar-refractivity contribution in [2.75, 3.05) is 31.5 Å². The van der Waals surface area contributed by atoms with Crippen molar-refractivity contribution in [1.82, 2.24) is 20.2 Å². The van der Waals surface area contributed by atoms with Crippen LogP contribution in [0.5, 0.6) is 0 Å². The lowest BCUT2D eigenvalue weighted by atomic mass is 9.92. The van der Waals surface area contributed by atoms with E-state index in [-0.39, 0.29) is 30.9 Å². The number of nitrogens with zero attached hydrogens (tertiary/aromatic N) is 2. The van der Waals surface area contributed by atoms with Crippen LogP contribution in [0.2, 0.25) is 0 Å². The van der Waals surface area contributed by atoms with E-state index in [4.69, 9.17) is 0 Å². The zero-order valence-corrected chi connectivity index (χ0v) is 18.7. The highest BCUT2D eigenvalue weighted by Crippen LogP contribution is 2.31. The van der Waals surface area contributed by atoms with E-state index < -0.39 is 34.6 Å². The molecule has 0 saturated carbocycles. The molecule has 0 bridgehead atoms. The van der Waals surface area contributed by atoms with Crippen LogP contribution in [0, 0.1) is 17.5 Å². The summed E-state index contributed by atoms with van der Waals surface area (Å²) in [6, 6.07) is 6.40. The molecule has 1 fully saturated rings. The van der Waals surface area contributed by atoms with Crippen molar-refractivity contribution in [3.8, 4) is 0 Å². The van der Waals surface area contributed by atoms with Crippen molar-refractivity contribution in [1.29, 1.82) is 0 Å². The van der Waals surface area contributed by atoms with Gasteiger partial charge in [-0.1, -0.05) is 13.0 Å². The maximum atomic E-state index is 14.6. The van der Waals surface area contributed by atoms with E-state index in [1.54, 1.807) is 18.6 Å². The van der Waals surface area contributed by atoms with Crippen molar-refractivity contribution in [3.05, 3.63) is 77.1 Å². The molecule has 1 aliphatic rings. The second-order valence-corrected chi connectivity index (χ2v) is 8.47. The fourth-order valence-corrected chi connectivity index (χ4v) is 3.92. The number of aromatic nitrogens is 2. The molecule has 3 aromatic rings. The van der Waals surface area contributed by atoms with E-state index in [1.807, 2.05) is 6.92 Å². The molecule has 1 aliphatic heterocycles. The molecule has 180 valence electrons. The minimum absolute atomic E-state index is 0.0287. The van der Waals surface area contributed by atoms with Gasteiger partial charge < -0.3 is 25.6 Å². The number of nitrogens with one attached hydrogen (secondary N) is 3. The average molecular weight is 473 g/mol. The highest BCUT2D eigenvalue weighted by molar-refractivity contribution is 6.01. The lowest BCUT2D eigenvalue weighted by Gasteiger charge is -2.46. The van der Waals surface area contributed by atoms with Gasteiger partial charge in [0.05, 0.1) is 36.4 Å². The number of likely N-dealkylation sites (tertiary alicyclic amines) is 1. The standard InChI is InChI=1S/C24H26F3N5O2/c1-2-15-3-6-20(19(26)9-15)31-22-17(4-5-18(25)21(22)27)23(33)32-12-24(34,13-32)11-28-8-7-16-10-29-14-30-16/h3-6,9-10,14,28,31,34H,2,7-8,11-13H2,1H3,(H,29,30). The van der Waals surface area contributed by atoms with Gasteiger partial charge in [-0.15, -0.1) is 0 Å². The van der Waals surface area contributed by atoms with Crippen LogP contribution in [-0.4, -0.2) is 57.7 Å². The molecular formula is C24H26F3N5O2. The van der Waals surface area contributed by atoms with Crippen LogP contribution in [0.4, 0.5) is 24.5 Å². The van der Waals surface area contributed by atoms with Crippen LogP contribution in [0.3, 0.4) is 0 Å². The number of hydrogen-bond acceptors (Lipinski definition) is 5. The molecule has 0 radical (unpaired) electrons. The van der Waals surface area contributed by atoms with Crippen LogP contribution >= 0.6 is 0 Å². The van der Waals surface area contributed by atoms with Crippen molar-refractivity contribution >= 4 is 17.3 Å². The van der Waals surface area contributed by atoms with Crippen molar-refractivity contribution < 1.29 is 23.1 Å². The number of benzene rings is 2. The third kappa shape index (κ3) is 5.07. The molecule has 7 nitrogen and oxygen atoms in total. The molecule has 0 aliphatic carbocycles. The van der Waals surface area contributed by atoms with Crippen LogP contribution in [0.25, 0.3) is 0 Å². The van der Waals surface area contributed by atoms with Crippen LogP contribution in [-0.2, 0) is 12.8 Å². The maximum absolute atomic E-state index is 14.6. The summed E-state index contributed by atoms with van der Waals surface area (Å²) in [5.41, 5.74) is -0.0791. The number of carbonyl (C=O) groups is 1. The minimum atomic E-state index is -1.28. The summed E-state index contributed by atoms with van der Waals surface area (Å²) in [6.45, 7) is 2.80. The summed E-state index contributed by atoms with van der Waals surface area (Å²) in [7, 11) is 0. The predicted octanol–water partition coefficient (Wildman–Crippen LogP) is 3.15. The number of aliphatic hydroxyl groups is 1. The third-order valence-corrected chi connectivity index (χ3v) is 5.86. The third-order valence-electron chi connectivity index (χ3n) is 5.86. The molecule has 2 aromatic carbocycles. The van der Waals surface area contributed by atoms with E-state index >= 15 is 0 Å². The Morgan fingerprint density at radius 2 is 2.00 bits per heavy atom. The number of hydrogen-bond donors (Lipinski definition) is 4. The largest absolute Gasteiger partial charge is 0.385 e. The van der Waals surface area contributed by atoms with Crippen molar-refractivity contribution in [2.45, 2.75) is 25.4 Å². The average Bonchev–Trinajstić information content (AvgIpc) is 3.32. The van der Waals surface area contributed by atoms with E-state index in [9.17, 15) is 23.1 Å². The summed E-state index contributed by atoms with van der Waals surface area (Å²) in [6.07, 6.45) is 4.63. The van der Waals surface area contributed by atoms with Gasteiger partial charge >= 0.3 is 0 Å². The number of carbonyl (C=O) groups excluding carboxylic acids is 1. The molecule has 1 amide bonds. The monoisotopic (exact) mass is 473 g/mol. The first-order valence-electron chi connectivity index (χ1n) is 11.0. The van der Waals surface area contributed by atoms with Gasteiger partial charge in [-0.05, 0) is 36.2 Å². The van der Waals surface area contributed by atoms with E-state index in [0.717, 1.165) is 23.4 Å². The lowest BCUT2D eigenvalue weighted by Crippen LogP contribution is -2.67. The first kappa shape index (κ1) is 23.8. The molecule has 4 rings (SSSR count). The summed E-state index contributed by atoms with van der Waals surface area (Å²) in [5.74, 6) is -3.66. The van der Waals surface area contributed by atoms with Gasteiger partial charge in [-0.25, -0.2) is 18.2 Å². The number of amides is 1. The van der Waals surface area contributed by atoms with Crippen LogP contribution < -0.4 is 10.6 Å². The molecule has 1 saturated heterocycles. The Morgan fingerprint density at radius 1 is 1.21 bits per heavy atom. The summed E-state index contributed by atoms with van der Waals surface area (Å²) >= 11 is 0. The second-order valence-electron chi connectivity index (χ2n) is 8.47. The highest BCUT2D eigenvalue weighted by Gasteiger charge is 2.44. The fourth-order valence-electron chi connectivity index (χ4n) is 3.92. The molecule has 4 N–H and O–H groups in total. The number of imidazole rings is 1. The molecule has 34 heavy (non-hydrogen) atoms. The van der Waals surface area contributed by atoms with Crippen LogP contribution in [0.1, 0.15) is 28.5 Å². The Labute approximate surface area is 195 Å². The Bertz CT molecular complexity index is 1160. The first-order chi connectivity index (χ1) is 16.3. The number of halogens is 3. The quantitative estimate of drug-likeness (QED) is 0.359. The maximum Gasteiger partial charge on any atom is 0.256 e. The van der Waals surface area contributed by atoms with Gasteiger partial charge in [0, 0.05) is 31.4 Å². The molecular weight excluding hydrogens is 447 g/mol. The van der Waals surface area contributed by atoms with Crippen molar-refractivity contribution in [3.63, 3.8) is 0 Å². The van der Waals surface area contributed by atoms with Crippen molar-refractivity contribution in [2.24, 2.45) is 0 Å². The Hall–Kier alpha value is -3.37. The van der Waals surface area contributed by atoms with Gasteiger partial charge in [0.2, 0.25) is 0 Å². The first-order valence-corrected chi connectivity index (χ1v) is 11.0.